The first-order valence-electron chi connectivity index (χ1n) is 10.8. The van der Waals surface area contributed by atoms with Gasteiger partial charge in [0.1, 0.15) is 23.1 Å². The Bertz CT molecular complexity index is 1170. The van der Waals surface area contributed by atoms with Crippen LogP contribution in [0.5, 0.6) is 5.75 Å². The quantitative estimate of drug-likeness (QED) is 0.650. The molecule has 7 nitrogen and oxygen atoms in total. The molecule has 0 spiro atoms. The Morgan fingerprint density at radius 2 is 1.90 bits per heavy atom. The third-order valence-corrected chi connectivity index (χ3v) is 6.07. The summed E-state index contributed by atoms with van der Waals surface area (Å²) in [5.74, 6) is 0.302. The van der Waals surface area contributed by atoms with Crippen molar-refractivity contribution >= 4 is 16.9 Å². The molecule has 1 fully saturated rings. The fourth-order valence-electron chi connectivity index (χ4n) is 4.44. The zero-order valence-electron chi connectivity index (χ0n) is 17.5. The molecular weight excluding hydrogens is 394 g/mol. The molecular formula is C24H25N3O4. The van der Waals surface area contributed by atoms with Crippen molar-refractivity contribution in [1.29, 1.82) is 0 Å². The predicted octanol–water partition coefficient (Wildman–Crippen LogP) is 2.43. The molecule has 3 aromatic rings. The minimum absolute atomic E-state index is 0.0169. The summed E-state index contributed by atoms with van der Waals surface area (Å²) in [5.41, 5.74) is 3.03. The smallest absolute Gasteiger partial charge is 0.259 e. The minimum atomic E-state index is -0.302. The molecule has 160 valence electrons. The number of morpholine rings is 1. The summed E-state index contributed by atoms with van der Waals surface area (Å²) in [6.07, 6.45) is 4.99. The van der Waals surface area contributed by atoms with Crippen LogP contribution in [0.1, 0.15) is 28.4 Å². The summed E-state index contributed by atoms with van der Waals surface area (Å²) in [5, 5.41) is 0.411. The predicted molar refractivity (Wildman–Crippen MR) is 117 cm³/mol. The first kappa shape index (κ1) is 19.8. The van der Waals surface area contributed by atoms with Crippen LogP contribution in [-0.4, -0.2) is 52.8 Å². The van der Waals surface area contributed by atoms with E-state index in [9.17, 15) is 9.59 Å². The molecule has 3 heterocycles. The normalized spacial score (nSPS) is 16.5. The second-order valence-corrected chi connectivity index (χ2v) is 8.02. The van der Waals surface area contributed by atoms with Gasteiger partial charge < -0.3 is 18.9 Å². The third-order valence-electron chi connectivity index (χ3n) is 6.07. The van der Waals surface area contributed by atoms with Gasteiger partial charge in [0.05, 0.1) is 24.8 Å². The number of amides is 1. The number of aromatic nitrogens is 2. The lowest BCUT2D eigenvalue weighted by molar-refractivity contribution is 0.0301. The van der Waals surface area contributed by atoms with Crippen molar-refractivity contribution in [3.63, 3.8) is 0 Å². The lowest BCUT2D eigenvalue weighted by atomic mass is 10.1. The van der Waals surface area contributed by atoms with Crippen molar-refractivity contribution in [2.45, 2.75) is 32.4 Å². The van der Waals surface area contributed by atoms with E-state index in [1.54, 1.807) is 23.4 Å². The highest BCUT2D eigenvalue weighted by Crippen LogP contribution is 2.26. The van der Waals surface area contributed by atoms with Crippen molar-refractivity contribution in [2.24, 2.45) is 0 Å². The molecule has 1 aliphatic carbocycles. The number of fused-ring (bicyclic) bond motifs is 2. The summed E-state index contributed by atoms with van der Waals surface area (Å²) in [4.78, 5) is 32.5. The van der Waals surface area contributed by atoms with E-state index < -0.39 is 0 Å². The zero-order valence-corrected chi connectivity index (χ0v) is 17.5. The Morgan fingerprint density at radius 3 is 2.58 bits per heavy atom. The molecule has 2 aromatic heterocycles. The summed E-state index contributed by atoms with van der Waals surface area (Å²) in [7, 11) is 0. The largest absolute Gasteiger partial charge is 0.488 e. The molecule has 0 radical (unpaired) electrons. The van der Waals surface area contributed by atoms with Crippen LogP contribution in [0.2, 0.25) is 0 Å². The van der Waals surface area contributed by atoms with Gasteiger partial charge in [-0.1, -0.05) is 24.3 Å². The van der Waals surface area contributed by atoms with Crippen molar-refractivity contribution in [1.82, 2.24) is 14.5 Å². The Kier molecular flexibility index (Phi) is 5.19. The van der Waals surface area contributed by atoms with E-state index >= 15 is 0 Å². The molecule has 31 heavy (non-hydrogen) atoms. The number of pyridine rings is 2. The summed E-state index contributed by atoms with van der Waals surface area (Å²) >= 11 is 0. The van der Waals surface area contributed by atoms with Crippen LogP contribution in [0.3, 0.4) is 0 Å². The first-order chi connectivity index (χ1) is 15.1. The van der Waals surface area contributed by atoms with Gasteiger partial charge in [0.2, 0.25) is 5.43 Å². The first-order valence-corrected chi connectivity index (χ1v) is 10.8. The molecule has 1 aromatic carbocycles. The Hall–Kier alpha value is -3.19. The van der Waals surface area contributed by atoms with Crippen LogP contribution in [0.25, 0.3) is 11.0 Å². The second kappa shape index (κ2) is 8.15. The van der Waals surface area contributed by atoms with Crippen molar-refractivity contribution in [2.75, 3.05) is 26.3 Å². The average molecular weight is 419 g/mol. The van der Waals surface area contributed by atoms with Gasteiger partial charge in [-0.15, -0.1) is 0 Å². The molecule has 1 saturated heterocycles. The molecule has 0 unspecified atom stereocenters. The fourth-order valence-corrected chi connectivity index (χ4v) is 4.44. The van der Waals surface area contributed by atoms with Gasteiger partial charge >= 0.3 is 0 Å². The topological polar surface area (TPSA) is 73.7 Å². The minimum Gasteiger partial charge on any atom is -0.488 e. The maximum absolute atomic E-state index is 13.3. The molecule has 2 aliphatic rings. The fraction of sp³-hybridized carbons (Fsp3) is 0.375. The molecule has 0 atom stereocenters. The lowest BCUT2D eigenvalue weighted by Crippen LogP contribution is -2.42. The van der Waals surface area contributed by atoms with Crippen molar-refractivity contribution in [3.8, 4) is 5.75 Å². The number of rotatable bonds is 4. The van der Waals surface area contributed by atoms with E-state index in [2.05, 4.69) is 17.1 Å². The third kappa shape index (κ3) is 3.70. The SMILES string of the molecule is CCn1cc(C(=O)N2CCOCC2)c(=O)c2cc(OC3Cc4ccccc4C3)cnc21. The van der Waals surface area contributed by atoms with E-state index in [0.717, 1.165) is 12.8 Å². The summed E-state index contributed by atoms with van der Waals surface area (Å²) in [6, 6.07) is 10.1. The van der Waals surface area contributed by atoms with E-state index in [-0.39, 0.29) is 23.0 Å². The van der Waals surface area contributed by atoms with Crippen molar-refractivity contribution in [3.05, 3.63) is 69.6 Å². The van der Waals surface area contributed by atoms with Crippen LogP contribution in [-0.2, 0) is 24.1 Å². The zero-order chi connectivity index (χ0) is 21.4. The Labute approximate surface area is 180 Å². The molecule has 1 aliphatic heterocycles. The molecule has 1 amide bonds. The molecule has 0 bridgehead atoms. The van der Waals surface area contributed by atoms with Gasteiger partial charge in [0.15, 0.2) is 0 Å². The van der Waals surface area contributed by atoms with Gasteiger partial charge in [-0.2, -0.15) is 0 Å². The van der Waals surface area contributed by atoms with Crippen molar-refractivity contribution < 1.29 is 14.3 Å². The summed E-state index contributed by atoms with van der Waals surface area (Å²) in [6.45, 7) is 4.54. The van der Waals surface area contributed by atoms with Gasteiger partial charge in [-0.05, 0) is 24.1 Å². The van der Waals surface area contributed by atoms with Gasteiger partial charge in [-0.3, -0.25) is 9.59 Å². The number of ether oxygens (including phenoxy) is 2. The van der Waals surface area contributed by atoms with Gasteiger partial charge in [0.25, 0.3) is 5.91 Å². The van der Waals surface area contributed by atoms with E-state index in [1.165, 1.54) is 11.1 Å². The van der Waals surface area contributed by atoms with Gasteiger partial charge in [-0.25, -0.2) is 4.98 Å². The molecule has 0 saturated carbocycles. The second-order valence-electron chi connectivity index (χ2n) is 8.02. The molecule has 7 heteroatoms. The number of nitrogens with zero attached hydrogens (tertiary/aromatic N) is 3. The van der Waals surface area contributed by atoms with Crippen LogP contribution in [0.4, 0.5) is 0 Å². The van der Waals surface area contributed by atoms with Crippen LogP contribution in [0.15, 0.2) is 47.5 Å². The number of benzene rings is 1. The number of carbonyl (C=O) groups is 1. The standard InChI is InChI=1S/C24H25N3O4/c1-2-26-15-21(24(29)27-7-9-30-10-8-27)22(28)20-13-19(14-25-23(20)26)31-18-11-16-5-3-4-6-17(16)12-18/h3-6,13-15,18H,2,7-12H2,1H3. The lowest BCUT2D eigenvalue weighted by Gasteiger charge is -2.27. The molecule has 0 N–H and O–H groups in total. The van der Waals surface area contributed by atoms with E-state index in [0.29, 0.717) is 49.6 Å². The maximum atomic E-state index is 13.3. The summed E-state index contributed by atoms with van der Waals surface area (Å²) < 4.78 is 13.4. The number of carbonyl (C=O) groups excluding carboxylic acids is 1. The number of hydrogen-bond acceptors (Lipinski definition) is 5. The highest BCUT2D eigenvalue weighted by atomic mass is 16.5. The Balaban J connectivity index is 1.48. The van der Waals surface area contributed by atoms with Gasteiger partial charge in [0, 0.05) is 38.7 Å². The Morgan fingerprint density at radius 1 is 1.19 bits per heavy atom. The monoisotopic (exact) mass is 419 g/mol. The maximum Gasteiger partial charge on any atom is 0.259 e. The van der Waals surface area contributed by atoms with E-state index in [1.807, 2.05) is 23.6 Å². The van der Waals surface area contributed by atoms with Crippen LogP contribution in [0, 0.1) is 0 Å². The highest BCUT2D eigenvalue weighted by molar-refractivity contribution is 5.97. The average Bonchev–Trinajstić information content (AvgIpc) is 3.22. The molecule has 5 rings (SSSR count). The van der Waals surface area contributed by atoms with Crippen LogP contribution >= 0.6 is 0 Å². The highest BCUT2D eigenvalue weighted by Gasteiger charge is 2.25. The number of aryl methyl sites for hydroxylation is 1. The van der Waals surface area contributed by atoms with E-state index in [4.69, 9.17) is 9.47 Å². The number of hydrogen-bond donors (Lipinski definition) is 0. The van der Waals surface area contributed by atoms with Crippen LogP contribution < -0.4 is 10.2 Å².